The summed E-state index contributed by atoms with van der Waals surface area (Å²) in [5, 5.41) is 14.0. The van der Waals surface area contributed by atoms with Crippen LogP contribution in [0, 0.1) is 0 Å². The van der Waals surface area contributed by atoms with Gasteiger partial charge in [0.2, 0.25) is 0 Å². The molecule has 0 aromatic rings. The molecule has 2 bridgehead atoms. The molecule has 110 valence electrons. The molecule has 0 aromatic carbocycles. The molecule has 3 heteroatoms. The Morgan fingerprint density at radius 3 is 2.26 bits per heavy atom. The van der Waals surface area contributed by atoms with Crippen LogP contribution in [0.5, 0.6) is 0 Å². The van der Waals surface area contributed by atoms with E-state index in [1.165, 1.54) is 57.8 Å². The maximum absolute atomic E-state index is 10.5. The first-order valence-corrected chi connectivity index (χ1v) is 8.42. The number of piperidine rings is 2. The van der Waals surface area contributed by atoms with Crippen molar-refractivity contribution < 1.29 is 5.11 Å². The number of nitrogens with one attached hydrogen (secondary N) is 1. The van der Waals surface area contributed by atoms with E-state index in [0.717, 1.165) is 18.5 Å². The highest BCUT2D eigenvalue weighted by atomic mass is 16.3. The lowest BCUT2D eigenvalue weighted by Crippen LogP contribution is -2.61. The number of hydrogen-bond acceptors (Lipinski definition) is 3. The smallest absolute Gasteiger partial charge is 0.0695 e. The van der Waals surface area contributed by atoms with Gasteiger partial charge in [-0.05, 0) is 45.6 Å². The van der Waals surface area contributed by atoms with Crippen LogP contribution in [0.15, 0.2) is 0 Å². The molecule has 2 N–H and O–H groups in total. The van der Waals surface area contributed by atoms with Crippen LogP contribution < -0.4 is 5.32 Å². The zero-order chi connectivity index (χ0) is 13.2. The topological polar surface area (TPSA) is 35.5 Å². The minimum Gasteiger partial charge on any atom is -0.391 e. The molecule has 3 fully saturated rings. The highest BCUT2D eigenvalue weighted by molar-refractivity contribution is 4.99. The molecule has 4 unspecified atom stereocenters. The summed E-state index contributed by atoms with van der Waals surface area (Å²) in [5.41, 5.74) is 0. The fraction of sp³-hybridized carbons (Fsp3) is 1.00. The largest absolute Gasteiger partial charge is 0.391 e. The third-order valence-corrected chi connectivity index (χ3v) is 5.77. The molecular formula is C16H30N2O. The maximum Gasteiger partial charge on any atom is 0.0695 e. The summed E-state index contributed by atoms with van der Waals surface area (Å²) in [6, 6.07) is 2.61. The van der Waals surface area contributed by atoms with Crippen molar-refractivity contribution in [1.82, 2.24) is 10.2 Å². The molecule has 2 saturated heterocycles. The average molecular weight is 266 g/mol. The van der Waals surface area contributed by atoms with Crippen molar-refractivity contribution in [2.75, 3.05) is 7.05 Å². The first-order chi connectivity index (χ1) is 9.29. The number of aliphatic hydroxyl groups is 1. The molecule has 0 radical (unpaired) electrons. The summed E-state index contributed by atoms with van der Waals surface area (Å²) in [6.45, 7) is 0. The van der Waals surface area contributed by atoms with Gasteiger partial charge in [0.05, 0.1) is 6.10 Å². The van der Waals surface area contributed by atoms with E-state index in [1.54, 1.807) is 0 Å². The van der Waals surface area contributed by atoms with Gasteiger partial charge in [-0.15, -0.1) is 0 Å². The number of nitrogens with zero attached hydrogens (tertiary/aromatic N) is 1. The van der Waals surface area contributed by atoms with Crippen LogP contribution in [0.25, 0.3) is 0 Å². The Kier molecular flexibility index (Phi) is 4.45. The molecule has 4 atom stereocenters. The van der Waals surface area contributed by atoms with Gasteiger partial charge >= 0.3 is 0 Å². The highest BCUT2D eigenvalue weighted by Crippen LogP contribution is 2.38. The van der Waals surface area contributed by atoms with Crippen LogP contribution in [0.1, 0.15) is 64.2 Å². The average Bonchev–Trinajstić information content (AvgIpc) is 2.62. The molecule has 3 aliphatic rings. The summed E-state index contributed by atoms with van der Waals surface area (Å²) in [5.74, 6) is 0. The zero-order valence-corrected chi connectivity index (χ0v) is 12.4. The van der Waals surface area contributed by atoms with Gasteiger partial charge in [0.25, 0.3) is 0 Å². The van der Waals surface area contributed by atoms with Gasteiger partial charge in [0.15, 0.2) is 0 Å². The standard InChI is InChI=1S/C16H30N2O/c1-17-12-10-13-6-5-7-14(11-12)18(13)15-8-3-2-4-9-16(15)19/h12-17,19H,2-11H2,1H3. The van der Waals surface area contributed by atoms with Crippen molar-refractivity contribution in [1.29, 1.82) is 0 Å². The van der Waals surface area contributed by atoms with E-state index in [9.17, 15) is 5.11 Å². The lowest BCUT2D eigenvalue weighted by molar-refractivity contribution is -0.0569. The Balaban J connectivity index is 1.75. The van der Waals surface area contributed by atoms with E-state index in [4.69, 9.17) is 0 Å². The summed E-state index contributed by atoms with van der Waals surface area (Å²) < 4.78 is 0. The number of rotatable bonds is 2. The lowest BCUT2D eigenvalue weighted by atomic mass is 9.79. The molecule has 1 saturated carbocycles. The molecule has 2 heterocycles. The van der Waals surface area contributed by atoms with Gasteiger partial charge in [-0.25, -0.2) is 0 Å². The molecule has 1 aliphatic carbocycles. The van der Waals surface area contributed by atoms with Gasteiger partial charge in [-0.1, -0.05) is 25.7 Å². The van der Waals surface area contributed by atoms with Gasteiger partial charge in [0, 0.05) is 24.2 Å². The quantitative estimate of drug-likeness (QED) is 0.753. The Labute approximate surface area is 117 Å². The first kappa shape index (κ1) is 13.8. The minimum absolute atomic E-state index is 0.0725. The monoisotopic (exact) mass is 266 g/mol. The summed E-state index contributed by atoms with van der Waals surface area (Å²) >= 11 is 0. The van der Waals surface area contributed by atoms with Gasteiger partial charge < -0.3 is 10.4 Å². The van der Waals surface area contributed by atoms with Crippen LogP contribution in [0.2, 0.25) is 0 Å². The van der Waals surface area contributed by atoms with Gasteiger partial charge in [-0.2, -0.15) is 0 Å². The van der Waals surface area contributed by atoms with Crippen LogP contribution in [-0.2, 0) is 0 Å². The Morgan fingerprint density at radius 2 is 1.58 bits per heavy atom. The normalized spacial score (nSPS) is 44.8. The first-order valence-electron chi connectivity index (χ1n) is 8.42. The van der Waals surface area contributed by atoms with Crippen molar-refractivity contribution in [2.24, 2.45) is 0 Å². The van der Waals surface area contributed by atoms with Crippen molar-refractivity contribution in [3.05, 3.63) is 0 Å². The number of fused-ring (bicyclic) bond motifs is 2. The molecule has 19 heavy (non-hydrogen) atoms. The van der Waals surface area contributed by atoms with Crippen molar-refractivity contribution >= 4 is 0 Å². The highest BCUT2D eigenvalue weighted by Gasteiger charge is 2.43. The number of aliphatic hydroxyl groups excluding tert-OH is 1. The summed E-state index contributed by atoms with van der Waals surface area (Å²) in [7, 11) is 2.11. The second kappa shape index (κ2) is 6.11. The predicted molar refractivity (Wildman–Crippen MR) is 78.2 cm³/mol. The molecule has 0 spiro atoms. The van der Waals surface area contributed by atoms with E-state index in [0.29, 0.717) is 12.1 Å². The fourth-order valence-electron chi connectivity index (χ4n) is 4.81. The summed E-state index contributed by atoms with van der Waals surface area (Å²) in [6.07, 6.45) is 12.7. The predicted octanol–water partition coefficient (Wildman–Crippen LogP) is 2.28. The van der Waals surface area contributed by atoms with Crippen molar-refractivity contribution in [3.8, 4) is 0 Å². The van der Waals surface area contributed by atoms with Crippen molar-refractivity contribution in [2.45, 2.75) is 94.5 Å². The van der Waals surface area contributed by atoms with Crippen molar-refractivity contribution in [3.63, 3.8) is 0 Å². The van der Waals surface area contributed by atoms with E-state index in [2.05, 4.69) is 17.3 Å². The minimum atomic E-state index is -0.0725. The lowest BCUT2D eigenvalue weighted by Gasteiger charge is -2.53. The van der Waals surface area contributed by atoms with Crippen LogP contribution in [0.3, 0.4) is 0 Å². The van der Waals surface area contributed by atoms with Crippen LogP contribution in [-0.4, -0.2) is 47.3 Å². The molecule has 3 rings (SSSR count). The zero-order valence-electron chi connectivity index (χ0n) is 12.4. The van der Waals surface area contributed by atoms with E-state index in [-0.39, 0.29) is 6.10 Å². The fourth-order valence-corrected chi connectivity index (χ4v) is 4.81. The second-order valence-electron chi connectivity index (χ2n) is 6.92. The van der Waals surface area contributed by atoms with E-state index >= 15 is 0 Å². The molecule has 2 aliphatic heterocycles. The maximum atomic E-state index is 10.5. The Morgan fingerprint density at radius 1 is 0.895 bits per heavy atom. The second-order valence-corrected chi connectivity index (χ2v) is 6.92. The Hall–Kier alpha value is -0.120. The molecule has 3 nitrogen and oxygen atoms in total. The van der Waals surface area contributed by atoms with E-state index < -0.39 is 0 Å². The molecule has 0 aromatic heterocycles. The molecule has 0 amide bonds. The van der Waals surface area contributed by atoms with Crippen LogP contribution >= 0.6 is 0 Å². The van der Waals surface area contributed by atoms with Gasteiger partial charge in [-0.3, -0.25) is 4.90 Å². The summed E-state index contributed by atoms with van der Waals surface area (Å²) in [4.78, 5) is 2.76. The van der Waals surface area contributed by atoms with Gasteiger partial charge in [0.1, 0.15) is 0 Å². The van der Waals surface area contributed by atoms with E-state index in [1.807, 2.05) is 0 Å². The number of hydrogen-bond donors (Lipinski definition) is 2. The molecular weight excluding hydrogens is 236 g/mol. The SMILES string of the molecule is CNC1CC2CCCC(C1)N2C1CCCCCC1O. The Bertz CT molecular complexity index is 282. The van der Waals surface area contributed by atoms with Crippen LogP contribution in [0.4, 0.5) is 0 Å². The third-order valence-electron chi connectivity index (χ3n) is 5.77. The third kappa shape index (κ3) is 2.84.